The van der Waals surface area contributed by atoms with Gasteiger partial charge in [0, 0.05) is 13.1 Å². The van der Waals surface area contributed by atoms with E-state index in [1.807, 2.05) is 42.5 Å². The van der Waals surface area contributed by atoms with E-state index in [1.165, 1.54) is 11.8 Å². The molecule has 0 spiro atoms. The van der Waals surface area contributed by atoms with Gasteiger partial charge in [0.05, 0.1) is 40.5 Å². The van der Waals surface area contributed by atoms with E-state index in [-0.39, 0.29) is 5.91 Å². The van der Waals surface area contributed by atoms with Crippen molar-refractivity contribution in [3.8, 4) is 11.4 Å². The summed E-state index contributed by atoms with van der Waals surface area (Å²) in [5.74, 6) is 0.597. The van der Waals surface area contributed by atoms with Gasteiger partial charge in [0.15, 0.2) is 5.82 Å². The topological polar surface area (TPSA) is 80.2 Å². The van der Waals surface area contributed by atoms with Crippen LogP contribution in [-0.4, -0.2) is 51.5 Å². The van der Waals surface area contributed by atoms with Crippen molar-refractivity contribution in [2.45, 2.75) is 0 Å². The Labute approximate surface area is 182 Å². The van der Waals surface area contributed by atoms with Crippen LogP contribution in [-0.2, 0) is 9.53 Å². The molecule has 1 aromatic carbocycles. The first-order chi connectivity index (χ1) is 14.7. The predicted molar refractivity (Wildman–Crippen MR) is 122 cm³/mol. The minimum absolute atomic E-state index is 0.197. The predicted octanol–water partition coefficient (Wildman–Crippen LogP) is 3.02. The van der Waals surface area contributed by atoms with Gasteiger partial charge in [-0.05, 0) is 30.3 Å². The van der Waals surface area contributed by atoms with Gasteiger partial charge < -0.3 is 15.0 Å². The number of thioether (sulfide) groups is 1. The molecule has 1 amide bonds. The summed E-state index contributed by atoms with van der Waals surface area (Å²) >= 11 is 6.30. The molecule has 0 saturated carbocycles. The summed E-state index contributed by atoms with van der Waals surface area (Å²) in [7, 11) is 0. The number of benzene rings is 1. The normalized spacial score (nSPS) is 18.3. The summed E-state index contributed by atoms with van der Waals surface area (Å²) in [5.41, 5.74) is 3.74. The van der Waals surface area contributed by atoms with Crippen molar-refractivity contribution in [3.05, 3.63) is 53.1 Å². The Morgan fingerprint density at radius 1 is 1.03 bits per heavy atom. The Morgan fingerprint density at radius 3 is 2.53 bits per heavy atom. The highest BCUT2D eigenvalue weighted by atomic mass is 32.2. The summed E-state index contributed by atoms with van der Waals surface area (Å²) in [6.07, 6.45) is 1.74. The second-order valence-electron chi connectivity index (χ2n) is 6.78. The van der Waals surface area contributed by atoms with E-state index < -0.39 is 0 Å². The van der Waals surface area contributed by atoms with Crippen LogP contribution in [0.25, 0.3) is 28.5 Å². The lowest BCUT2D eigenvalue weighted by molar-refractivity contribution is -0.115. The molecular formula is C21H17N5O2S2. The molecule has 0 bridgehead atoms. The number of morpholine rings is 1. The van der Waals surface area contributed by atoms with E-state index in [0.717, 1.165) is 35.6 Å². The molecule has 2 fully saturated rings. The van der Waals surface area contributed by atoms with E-state index in [4.69, 9.17) is 31.9 Å². The molecule has 2 aromatic heterocycles. The lowest BCUT2D eigenvalue weighted by Gasteiger charge is -2.29. The number of thiocarbonyl (C=S) groups is 1. The number of hydrogen-bond donors (Lipinski definition) is 1. The Kier molecular flexibility index (Phi) is 5.16. The zero-order valence-electron chi connectivity index (χ0n) is 15.9. The van der Waals surface area contributed by atoms with Crippen LogP contribution in [0, 0.1) is 0 Å². The lowest BCUT2D eigenvalue weighted by Crippen LogP contribution is -2.37. The first-order valence-electron chi connectivity index (χ1n) is 9.49. The fourth-order valence-electron chi connectivity index (χ4n) is 3.38. The molecule has 4 heterocycles. The van der Waals surface area contributed by atoms with Gasteiger partial charge in [-0.15, -0.1) is 0 Å². The van der Waals surface area contributed by atoms with E-state index >= 15 is 0 Å². The minimum atomic E-state index is -0.197. The fourth-order valence-corrected chi connectivity index (χ4v) is 4.41. The van der Waals surface area contributed by atoms with E-state index in [9.17, 15) is 4.79 Å². The number of carbonyl (C=O) groups excluding carboxylic acids is 1. The molecule has 0 atom stereocenters. The van der Waals surface area contributed by atoms with Crippen molar-refractivity contribution in [1.29, 1.82) is 0 Å². The van der Waals surface area contributed by atoms with Crippen LogP contribution < -0.4 is 10.2 Å². The van der Waals surface area contributed by atoms with Crippen molar-refractivity contribution in [3.63, 3.8) is 0 Å². The molecule has 2 aliphatic heterocycles. The van der Waals surface area contributed by atoms with Crippen LogP contribution in [0.5, 0.6) is 0 Å². The standard InChI is InChI=1S/C21H17N5O2S2/c27-20-17(30-21(29)25-20)12-13-4-3-7-16(22-13)18-19(26-8-10-28-11-9-26)24-15-6-2-1-5-14(15)23-18/h1-7,12H,8-11H2,(H,25,27,29)/b17-12-. The minimum Gasteiger partial charge on any atom is -0.378 e. The molecule has 5 rings (SSSR count). The average Bonchev–Trinajstić information content (AvgIpc) is 3.10. The third-order valence-electron chi connectivity index (χ3n) is 4.80. The summed E-state index contributed by atoms with van der Waals surface area (Å²) in [5, 5.41) is 2.62. The van der Waals surface area contributed by atoms with Gasteiger partial charge in [-0.2, -0.15) is 0 Å². The van der Waals surface area contributed by atoms with Crippen molar-refractivity contribution >= 4 is 57.1 Å². The summed E-state index contributed by atoms with van der Waals surface area (Å²) < 4.78 is 5.96. The largest absolute Gasteiger partial charge is 0.378 e. The number of pyridine rings is 1. The van der Waals surface area contributed by atoms with E-state index in [1.54, 1.807) is 6.08 Å². The number of rotatable bonds is 3. The third kappa shape index (κ3) is 3.79. The number of carbonyl (C=O) groups is 1. The maximum atomic E-state index is 12.0. The van der Waals surface area contributed by atoms with Crippen molar-refractivity contribution in [2.75, 3.05) is 31.2 Å². The van der Waals surface area contributed by atoms with Crippen LogP contribution in [0.4, 0.5) is 5.82 Å². The maximum Gasteiger partial charge on any atom is 0.263 e. The lowest BCUT2D eigenvalue weighted by atomic mass is 10.2. The second-order valence-corrected chi connectivity index (χ2v) is 8.50. The van der Waals surface area contributed by atoms with Gasteiger partial charge in [0.25, 0.3) is 5.91 Å². The number of hydrogen-bond acceptors (Lipinski definition) is 8. The van der Waals surface area contributed by atoms with Crippen LogP contribution in [0.3, 0.4) is 0 Å². The SMILES string of the molecule is O=C1NC(=S)S/C1=C\c1cccc(-c2nc3ccccc3nc2N2CCOCC2)n1. The van der Waals surface area contributed by atoms with Crippen molar-refractivity contribution in [1.82, 2.24) is 20.3 Å². The molecular weight excluding hydrogens is 418 g/mol. The first kappa shape index (κ1) is 19.1. The number of aromatic nitrogens is 3. The molecule has 0 unspecified atom stereocenters. The van der Waals surface area contributed by atoms with Gasteiger partial charge in [-0.3, -0.25) is 4.79 Å². The van der Waals surface area contributed by atoms with Crippen molar-refractivity contribution < 1.29 is 9.53 Å². The zero-order chi connectivity index (χ0) is 20.5. The number of para-hydroxylation sites is 2. The molecule has 0 aliphatic carbocycles. The molecule has 2 saturated heterocycles. The summed E-state index contributed by atoms with van der Waals surface area (Å²) in [6.45, 7) is 2.80. The van der Waals surface area contributed by atoms with E-state index in [2.05, 4.69) is 10.2 Å². The molecule has 3 aromatic rings. The molecule has 0 radical (unpaired) electrons. The molecule has 2 aliphatic rings. The Bertz CT molecular complexity index is 1190. The summed E-state index contributed by atoms with van der Waals surface area (Å²) in [6, 6.07) is 13.5. The van der Waals surface area contributed by atoms with Gasteiger partial charge in [-0.25, -0.2) is 15.0 Å². The van der Waals surface area contributed by atoms with Crippen LogP contribution in [0.15, 0.2) is 47.4 Å². The van der Waals surface area contributed by atoms with Crippen LogP contribution in [0.1, 0.15) is 5.69 Å². The van der Waals surface area contributed by atoms with Crippen LogP contribution >= 0.6 is 24.0 Å². The number of anilines is 1. The number of ether oxygens (including phenoxy) is 1. The van der Waals surface area contributed by atoms with Crippen molar-refractivity contribution in [2.24, 2.45) is 0 Å². The highest BCUT2D eigenvalue weighted by Gasteiger charge is 2.23. The quantitative estimate of drug-likeness (QED) is 0.497. The number of amides is 1. The monoisotopic (exact) mass is 435 g/mol. The fraction of sp³-hybridized carbons (Fsp3) is 0.190. The van der Waals surface area contributed by atoms with Crippen LogP contribution in [0.2, 0.25) is 0 Å². The zero-order valence-corrected chi connectivity index (χ0v) is 17.5. The van der Waals surface area contributed by atoms with Gasteiger partial charge in [0.1, 0.15) is 10.0 Å². The third-order valence-corrected chi connectivity index (χ3v) is 5.96. The molecule has 7 nitrogen and oxygen atoms in total. The van der Waals surface area contributed by atoms with Gasteiger partial charge >= 0.3 is 0 Å². The smallest absolute Gasteiger partial charge is 0.263 e. The summed E-state index contributed by atoms with van der Waals surface area (Å²) in [4.78, 5) is 29.2. The highest BCUT2D eigenvalue weighted by molar-refractivity contribution is 8.26. The molecule has 30 heavy (non-hydrogen) atoms. The van der Waals surface area contributed by atoms with Gasteiger partial charge in [-0.1, -0.05) is 42.2 Å². The second kappa shape index (κ2) is 8.10. The number of fused-ring (bicyclic) bond motifs is 1. The van der Waals surface area contributed by atoms with Gasteiger partial charge in [0.2, 0.25) is 0 Å². The average molecular weight is 436 g/mol. The first-order valence-corrected chi connectivity index (χ1v) is 10.7. The highest BCUT2D eigenvalue weighted by Crippen LogP contribution is 2.30. The van der Waals surface area contributed by atoms with E-state index in [0.29, 0.717) is 33.8 Å². The number of nitrogens with zero attached hydrogens (tertiary/aromatic N) is 4. The maximum absolute atomic E-state index is 12.0. The Balaban J connectivity index is 1.61. The molecule has 150 valence electrons. The Hall–Kier alpha value is -2.88. The Morgan fingerprint density at radius 2 is 1.80 bits per heavy atom. The number of nitrogens with one attached hydrogen (secondary N) is 1. The molecule has 9 heteroatoms. The molecule has 1 N–H and O–H groups in total.